The fourth-order valence-electron chi connectivity index (χ4n) is 1.75. The molecule has 0 unspecified atom stereocenters. The van der Waals surface area contributed by atoms with Crippen LogP contribution in [0.3, 0.4) is 0 Å². The molecule has 0 amide bonds. The number of carbonyl (C=O) groups is 1. The molecule has 0 radical (unpaired) electrons. The van der Waals surface area contributed by atoms with Gasteiger partial charge in [0.05, 0.1) is 6.93 Å². The third kappa shape index (κ3) is 2.72. The first kappa shape index (κ1) is 9.64. The smallest absolute Gasteiger partial charge is 0.338 e. The van der Waals surface area contributed by atoms with Gasteiger partial charge in [0.15, 0.2) is 0 Å². The van der Waals surface area contributed by atoms with E-state index in [1.807, 2.05) is 12.1 Å². The van der Waals surface area contributed by atoms with Crippen LogP contribution in [-0.2, 0) is 4.74 Å². The van der Waals surface area contributed by atoms with Crippen molar-refractivity contribution in [3.8, 4) is 0 Å². The number of hydrogen-bond donors (Lipinski definition) is 0. The molecule has 1 aliphatic rings. The van der Waals surface area contributed by atoms with Crippen LogP contribution >= 0.6 is 0 Å². The number of carbonyl (C=O) groups excluding carboxylic acids is 1. The summed E-state index contributed by atoms with van der Waals surface area (Å²) in [4.78, 5) is 11.8. The minimum Gasteiger partial charge on any atom is -0.455 e. The first-order valence-electron chi connectivity index (χ1n) is 6.05. The van der Waals surface area contributed by atoms with Gasteiger partial charge in [-0.25, -0.2) is 4.79 Å². The summed E-state index contributed by atoms with van der Waals surface area (Å²) >= 11 is 0. The molecule has 2 nitrogen and oxygen atoms in total. The third-order valence-electron chi connectivity index (χ3n) is 2.63. The summed E-state index contributed by atoms with van der Waals surface area (Å²) in [5, 5.41) is 0. The predicted molar refractivity (Wildman–Crippen MR) is 63.2 cm³/mol. The Morgan fingerprint density at radius 3 is 2.88 bits per heavy atom. The molecule has 0 aliphatic heterocycles. The number of hydrogen-bond acceptors (Lipinski definition) is 2. The number of allylic oxidation sites excluding steroid dienone is 1. The van der Waals surface area contributed by atoms with Crippen molar-refractivity contribution in [2.45, 2.75) is 25.8 Å². The van der Waals surface area contributed by atoms with Gasteiger partial charge in [0.2, 0.25) is 0 Å². The Balaban J connectivity index is 2.09. The molecule has 0 N–H and O–H groups in total. The van der Waals surface area contributed by atoms with Gasteiger partial charge >= 0.3 is 5.97 Å². The summed E-state index contributed by atoms with van der Waals surface area (Å²) in [6.45, 7) is 2.06. The largest absolute Gasteiger partial charge is 0.455 e. The molecule has 0 bridgehead atoms. The fraction of sp³-hybridized carbons (Fsp3) is 0.357. The summed E-state index contributed by atoms with van der Waals surface area (Å²) in [5.74, 6) is -0.0552. The first-order valence-corrected chi connectivity index (χ1v) is 5.55. The average molecular weight is 217 g/mol. The molecular formula is C14H16O2. The fourth-order valence-corrected chi connectivity index (χ4v) is 1.75. The number of ether oxygens (including phenoxy) is 1. The molecule has 0 fully saturated rings. The standard InChI is InChI=1S/C14H16O2/c1-11-6-5-9-13(10-11)16-14(15)12-7-3-2-4-8-12/h2-5,7-9,11,13H,6,10H2,1H3/t11-,13-/m1/s1/i13D. The highest BCUT2D eigenvalue weighted by Crippen LogP contribution is 2.20. The summed E-state index contributed by atoms with van der Waals surface area (Å²) in [6, 6.07) is 8.80. The van der Waals surface area contributed by atoms with Gasteiger partial charge < -0.3 is 4.74 Å². The van der Waals surface area contributed by atoms with Crippen LogP contribution in [0.25, 0.3) is 0 Å². The van der Waals surface area contributed by atoms with Gasteiger partial charge in [-0.2, -0.15) is 0 Å². The highest BCUT2D eigenvalue weighted by molar-refractivity contribution is 5.89. The van der Waals surface area contributed by atoms with Gasteiger partial charge in [0, 0.05) is 0 Å². The van der Waals surface area contributed by atoms with Crippen molar-refractivity contribution < 1.29 is 10.9 Å². The van der Waals surface area contributed by atoms with E-state index in [9.17, 15) is 4.79 Å². The van der Waals surface area contributed by atoms with Crippen molar-refractivity contribution in [3.63, 3.8) is 0 Å². The normalized spacial score (nSPS) is 29.6. The number of benzene rings is 1. The molecule has 0 saturated carbocycles. The molecule has 1 aromatic carbocycles. The third-order valence-corrected chi connectivity index (χ3v) is 2.63. The van der Waals surface area contributed by atoms with Crippen molar-refractivity contribution in [3.05, 3.63) is 48.0 Å². The Kier molecular flexibility index (Phi) is 3.00. The van der Waals surface area contributed by atoms with Gasteiger partial charge in [-0.3, -0.25) is 0 Å². The molecule has 16 heavy (non-hydrogen) atoms. The summed E-state index contributed by atoms with van der Waals surface area (Å²) < 4.78 is 13.4. The van der Waals surface area contributed by atoms with Gasteiger partial charge in [-0.15, -0.1) is 0 Å². The highest BCUT2D eigenvalue weighted by atomic mass is 16.5. The molecule has 1 aromatic rings. The molecule has 84 valence electrons. The van der Waals surface area contributed by atoms with Crippen LogP contribution in [0.5, 0.6) is 0 Å². The van der Waals surface area contributed by atoms with E-state index in [2.05, 4.69) is 6.92 Å². The second kappa shape index (κ2) is 4.97. The van der Waals surface area contributed by atoms with Crippen LogP contribution in [0.4, 0.5) is 0 Å². The lowest BCUT2D eigenvalue weighted by Gasteiger charge is -2.21. The van der Waals surface area contributed by atoms with E-state index in [-0.39, 0.29) is 0 Å². The molecule has 2 rings (SSSR count). The first-order chi connectivity index (χ1) is 8.09. The summed E-state index contributed by atoms with van der Waals surface area (Å²) in [7, 11) is 0. The molecule has 2 heteroatoms. The van der Waals surface area contributed by atoms with Gasteiger partial charge in [-0.1, -0.05) is 31.2 Å². The second-order valence-electron chi connectivity index (χ2n) is 4.17. The van der Waals surface area contributed by atoms with E-state index in [4.69, 9.17) is 6.11 Å². The van der Waals surface area contributed by atoms with Crippen LogP contribution in [0.15, 0.2) is 42.5 Å². The minimum absolute atomic E-state index is 0.376. The van der Waals surface area contributed by atoms with E-state index in [0.717, 1.165) is 6.42 Å². The molecule has 0 saturated heterocycles. The molecular weight excluding hydrogens is 200 g/mol. The van der Waals surface area contributed by atoms with E-state index < -0.39 is 12.0 Å². The molecule has 0 aromatic heterocycles. The van der Waals surface area contributed by atoms with Crippen LogP contribution < -0.4 is 0 Å². The van der Waals surface area contributed by atoms with Crippen LogP contribution in [0.2, 0.25) is 0 Å². The summed E-state index contributed by atoms with van der Waals surface area (Å²) in [6.07, 6.45) is 3.89. The molecule has 0 heterocycles. The van der Waals surface area contributed by atoms with Crippen molar-refractivity contribution in [2.24, 2.45) is 5.92 Å². The van der Waals surface area contributed by atoms with E-state index in [0.29, 0.717) is 17.9 Å². The van der Waals surface area contributed by atoms with Crippen molar-refractivity contribution in [1.82, 2.24) is 0 Å². The van der Waals surface area contributed by atoms with Crippen LogP contribution in [-0.4, -0.2) is 12.0 Å². The molecule has 2 atom stereocenters. The monoisotopic (exact) mass is 217 g/mol. The zero-order chi connectivity index (χ0) is 12.3. The van der Waals surface area contributed by atoms with Gasteiger partial charge in [0.25, 0.3) is 0 Å². The second-order valence-corrected chi connectivity index (χ2v) is 4.17. The Hall–Kier alpha value is -1.57. The van der Waals surface area contributed by atoms with Crippen LogP contribution in [0.1, 0.15) is 31.5 Å². The van der Waals surface area contributed by atoms with Crippen molar-refractivity contribution in [2.75, 3.05) is 0 Å². The maximum atomic E-state index is 11.8. The van der Waals surface area contributed by atoms with E-state index in [1.165, 1.54) is 0 Å². The quantitative estimate of drug-likeness (QED) is 0.561. The number of esters is 1. The van der Waals surface area contributed by atoms with Crippen molar-refractivity contribution in [1.29, 1.82) is 0 Å². The SMILES string of the molecule is [2H][C@@]1(OC(=O)c2ccccc2)C=CC[C@@H](C)C1. The van der Waals surface area contributed by atoms with E-state index >= 15 is 0 Å². The summed E-state index contributed by atoms with van der Waals surface area (Å²) in [5.41, 5.74) is 0.491. The lowest BCUT2D eigenvalue weighted by Crippen LogP contribution is -2.21. The Morgan fingerprint density at radius 2 is 2.19 bits per heavy atom. The Morgan fingerprint density at radius 1 is 1.44 bits per heavy atom. The maximum absolute atomic E-state index is 11.8. The lowest BCUT2D eigenvalue weighted by atomic mass is 9.94. The van der Waals surface area contributed by atoms with Crippen LogP contribution in [0, 0.1) is 5.92 Å². The Labute approximate surface area is 97.3 Å². The predicted octanol–water partition coefficient (Wildman–Crippen LogP) is 3.20. The van der Waals surface area contributed by atoms with Crippen molar-refractivity contribution >= 4 is 5.97 Å². The zero-order valence-electron chi connectivity index (χ0n) is 10.3. The average Bonchev–Trinajstić information content (AvgIpc) is 2.29. The maximum Gasteiger partial charge on any atom is 0.338 e. The molecule has 1 aliphatic carbocycles. The molecule has 0 spiro atoms. The zero-order valence-corrected chi connectivity index (χ0v) is 9.35. The lowest BCUT2D eigenvalue weighted by molar-refractivity contribution is 0.0344. The Bertz CT molecular complexity index is 427. The topological polar surface area (TPSA) is 26.3 Å². The minimum atomic E-state index is -1.20. The highest BCUT2D eigenvalue weighted by Gasteiger charge is 2.18. The van der Waals surface area contributed by atoms with Gasteiger partial charge in [0.1, 0.15) is 6.08 Å². The number of rotatable bonds is 2. The van der Waals surface area contributed by atoms with E-state index in [1.54, 1.807) is 30.3 Å². The van der Waals surface area contributed by atoms with Gasteiger partial charge in [-0.05, 0) is 37.0 Å².